The van der Waals surface area contributed by atoms with Gasteiger partial charge in [0.15, 0.2) is 5.88 Å². The summed E-state index contributed by atoms with van der Waals surface area (Å²) in [4.78, 5) is 5.34. The molecule has 1 atom stereocenters. The number of fused-ring (bicyclic) bond motifs is 8. The highest BCUT2D eigenvalue weighted by Gasteiger charge is 2.54. The summed E-state index contributed by atoms with van der Waals surface area (Å²) in [6.07, 6.45) is 12.4. The summed E-state index contributed by atoms with van der Waals surface area (Å²) in [5, 5.41) is 0. The van der Waals surface area contributed by atoms with E-state index in [1.54, 1.807) is 0 Å². The molecule has 0 saturated heterocycles. The highest BCUT2D eigenvalue weighted by atomic mass is 127. The zero-order valence-corrected chi connectivity index (χ0v) is 49.4. The molecule has 5 heteroatoms. The lowest BCUT2D eigenvalue weighted by Crippen LogP contribution is -2.63. The van der Waals surface area contributed by atoms with E-state index in [-0.39, 0.29) is 42.6 Å². The SMILES string of the molecule is C/C=C\C(C)=C(/CC)c1cc2c3c(c1)N(c1ccc4c(c1)C(C)(C)CCC4C)c1oc4c(c1B3c1cc3c(cc1N2c1ccc(C(C)(C)I)c(C(C)(C)C)c1)C(C)(C)CCC3(C)C)C(C)(C)CCC4(C)C. The van der Waals surface area contributed by atoms with Gasteiger partial charge >= 0.3 is 0 Å². The van der Waals surface area contributed by atoms with Crippen LogP contribution >= 0.6 is 22.6 Å². The summed E-state index contributed by atoms with van der Waals surface area (Å²) in [5.74, 6) is 2.73. The van der Waals surface area contributed by atoms with Crippen LogP contribution in [0.15, 0.2) is 82.8 Å². The van der Waals surface area contributed by atoms with Crippen molar-refractivity contribution in [3.05, 3.63) is 129 Å². The molecule has 0 fully saturated rings. The summed E-state index contributed by atoms with van der Waals surface area (Å²) in [6.45, 7) is 45.9. The van der Waals surface area contributed by atoms with Crippen LogP contribution < -0.4 is 26.2 Å². The van der Waals surface area contributed by atoms with Gasteiger partial charge in [-0.3, -0.25) is 4.90 Å². The Morgan fingerprint density at radius 1 is 0.676 bits per heavy atom. The summed E-state index contributed by atoms with van der Waals surface area (Å²) >= 11 is 2.66. The van der Waals surface area contributed by atoms with Crippen molar-refractivity contribution in [3.63, 3.8) is 0 Å². The van der Waals surface area contributed by atoms with Crippen molar-refractivity contribution in [1.82, 2.24) is 0 Å². The first-order chi connectivity index (χ1) is 32.9. The van der Waals surface area contributed by atoms with Crippen LogP contribution in [0.4, 0.5) is 34.3 Å². The van der Waals surface area contributed by atoms with Crippen LogP contribution in [0, 0.1) is 0 Å². The van der Waals surface area contributed by atoms with Crippen molar-refractivity contribution in [2.75, 3.05) is 9.80 Å². The van der Waals surface area contributed by atoms with Gasteiger partial charge in [-0.25, -0.2) is 0 Å². The van der Waals surface area contributed by atoms with Gasteiger partial charge < -0.3 is 9.32 Å². The average molecular weight is 1060 g/mol. The van der Waals surface area contributed by atoms with Crippen molar-refractivity contribution in [2.45, 2.75) is 218 Å². The fourth-order valence-electron chi connectivity index (χ4n) is 14.1. The number of allylic oxidation sites excluding steroid dienone is 4. The van der Waals surface area contributed by atoms with Crippen molar-refractivity contribution < 1.29 is 4.42 Å². The molecule has 5 aliphatic rings. The molecule has 1 aromatic heterocycles. The van der Waals surface area contributed by atoms with Gasteiger partial charge in [0.1, 0.15) is 5.76 Å². The molecule has 0 spiro atoms. The Balaban J connectivity index is 1.42. The van der Waals surface area contributed by atoms with Gasteiger partial charge in [-0.15, -0.1) is 0 Å². The first kappa shape index (κ1) is 50.6. The number of anilines is 6. The van der Waals surface area contributed by atoms with Crippen LogP contribution in [0.3, 0.4) is 0 Å². The molecule has 374 valence electrons. The third-order valence-corrected chi connectivity index (χ3v) is 19.2. The minimum atomic E-state index is -0.119. The highest BCUT2D eigenvalue weighted by Crippen LogP contribution is 2.56. The third-order valence-electron chi connectivity index (χ3n) is 18.6. The summed E-state index contributed by atoms with van der Waals surface area (Å²) < 4.78 is 7.79. The molecule has 0 amide bonds. The van der Waals surface area contributed by atoms with Crippen LogP contribution in [0.2, 0.25) is 0 Å². The minimum absolute atomic E-state index is 0.0271. The van der Waals surface area contributed by atoms with Gasteiger partial charge in [0.05, 0.1) is 0 Å². The summed E-state index contributed by atoms with van der Waals surface area (Å²) in [7, 11) is 0. The number of hydrogen-bond donors (Lipinski definition) is 0. The maximum atomic E-state index is 7.83. The number of benzene rings is 4. The first-order valence-electron chi connectivity index (χ1n) is 27.4. The van der Waals surface area contributed by atoms with E-state index in [9.17, 15) is 0 Å². The average Bonchev–Trinajstić information content (AvgIpc) is 3.70. The Morgan fingerprint density at radius 3 is 1.87 bits per heavy atom. The van der Waals surface area contributed by atoms with Crippen molar-refractivity contribution in [2.24, 2.45) is 0 Å². The molecule has 4 aromatic carbocycles. The molecule has 3 nitrogen and oxygen atoms in total. The van der Waals surface area contributed by atoms with Crippen LogP contribution in [-0.4, -0.2) is 6.71 Å². The molecule has 10 rings (SSSR count). The second-order valence-corrected chi connectivity index (χ2v) is 30.3. The van der Waals surface area contributed by atoms with Gasteiger partial charge in [0.2, 0.25) is 0 Å². The van der Waals surface area contributed by atoms with Crippen molar-refractivity contribution in [1.29, 1.82) is 0 Å². The molecule has 5 aromatic rings. The van der Waals surface area contributed by atoms with Gasteiger partial charge in [-0.2, -0.15) is 0 Å². The number of nitrogens with zero attached hydrogens (tertiary/aromatic N) is 2. The topological polar surface area (TPSA) is 19.6 Å². The van der Waals surface area contributed by atoms with Crippen molar-refractivity contribution >= 4 is 85.6 Å². The van der Waals surface area contributed by atoms with E-state index >= 15 is 0 Å². The molecular weight excluding hydrogens is 974 g/mol. The molecule has 3 aliphatic carbocycles. The molecule has 0 bridgehead atoms. The smallest absolute Gasteiger partial charge is 0.256 e. The van der Waals surface area contributed by atoms with E-state index in [0.29, 0.717) is 5.92 Å². The van der Waals surface area contributed by atoms with Gasteiger partial charge in [-0.05, 0) is 220 Å². The van der Waals surface area contributed by atoms with E-state index < -0.39 is 0 Å². The van der Waals surface area contributed by atoms with E-state index in [1.807, 2.05) is 0 Å². The number of alkyl halides is 1. The van der Waals surface area contributed by atoms with Crippen LogP contribution in [0.1, 0.15) is 233 Å². The number of halogens is 1. The summed E-state index contributed by atoms with van der Waals surface area (Å²) in [5.41, 5.74) is 24.5. The molecule has 2 aliphatic heterocycles. The fourth-order valence-corrected chi connectivity index (χ4v) is 14.5. The van der Waals surface area contributed by atoms with Crippen LogP contribution in [0.25, 0.3) is 5.57 Å². The second-order valence-electron chi connectivity index (χ2n) is 27.6. The number of hydrogen-bond acceptors (Lipinski definition) is 3. The molecule has 3 heterocycles. The highest BCUT2D eigenvalue weighted by molar-refractivity contribution is 14.1. The summed E-state index contributed by atoms with van der Waals surface area (Å²) in [6, 6.07) is 25.5. The minimum Gasteiger partial charge on any atom is -0.444 e. The molecule has 0 N–H and O–H groups in total. The maximum absolute atomic E-state index is 7.83. The van der Waals surface area contributed by atoms with Gasteiger partial charge in [0, 0.05) is 37.3 Å². The second kappa shape index (κ2) is 16.5. The Kier molecular flexibility index (Phi) is 11.8. The number of rotatable bonds is 6. The zero-order chi connectivity index (χ0) is 51.5. The van der Waals surface area contributed by atoms with E-state index in [1.165, 1.54) is 126 Å². The molecule has 1 unspecified atom stereocenters. The quantitative estimate of drug-likeness (QED) is 0.0716. The molecule has 0 saturated carbocycles. The Morgan fingerprint density at radius 2 is 1.25 bits per heavy atom. The van der Waals surface area contributed by atoms with E-state index in [4.69, 9.17) is 4.42 Å². The lowest BCUT2D eigenvalue weighted by atomic mass is 9.32. The molecule has 0 radical (unpaired) electrons. The Bertz CT molecular complexity index is 3080. The zero-order valence-electron chi connectivity index (χ0n) is 47.2. The molecule has 71 heavy (non-hydrogen) atoms. The normalized spacial score (nSPS) is 21.5. The number of furan rings is 1. The lowest BCUT2D eigenvalue weighted by molar-refractivity contribution is 0.280. The Hall–Kier alpha value is -3.97. The maximum Gasteiger partial charge on any atom is 0.256 e. The monoisotopic (exact) mass is 1060 g/mol. The first-order valence-corrected chi connectivity index (χ1v) is 28.5. The largest absolute Gasteiger partial charge is 0.444 e. The standard InChI is InChI=1S/C66H84BIN2O/c1-20-22-39(3)44(21-2)41-33-53-56-54(34-41)70(43-23-25-45-40(4)27-28-61(8,9)47(45)35-43)59-57(55-58(71-59)65(16,17)32-31-64(55,14)15)67(56)51-37-49-50(63(12,13)30-29-62(49,10)11)38-52(51)69(53)42-24-26-46(66(18,19)68)48(36-42)60(5,6)7/h20,22-26,33-38,40H,21,27-32H2,1-19H3/b22-20-,44-39+. The van der Waals surface area contributed by atoms with Crippen molar-refractivity contribution in [3.8, 4) is 0 Å². The predicted molar refractivity (Wildman–Crippen MR) is 317 cm³/mol. The van der Waals surface area contributed by atoms with Crippen LogP contribution in [-0.2, 0) is 35.9 Å². The van der Waals surface area contributed by atoms with Gasteiger partial charge in [0.25, 0.3) is 6.71 Å². The fraction of sp³-hybridized carbons (Fsp3) is 0.515. The van der Waals surface area contributed by atoms with E-state index in [0.717, 1.165) is 31.6 Å². The molecular formula is C66H84BIN2O. The van der Waals surface area contributed by atoms with Gasteiger partial charge in [-0.1, -0.05) is 157 Å². The van der Waals surface area contributed by atoms with E-state index in [2.05, 4.69) is 237 Å². The lowest BCUT2D eigenvalue weighted by Gasteiger charge is -2.47. The predicted octanol–water partition coefficient (Wildman–Crippen LogP) is 18.0. The van der Waals surface area contributed by atoms with Crippen LogP contribution in [0.5, 0.6) is 0 Å². The third kappa shape index (κ3) is 7.91. The Labute approximate surface area is 444 Å².